The van der Waals surface area contributed by atoms with Crippen LogP contribution in [0, 0.1) is 0 Å². The van der Waals surface area contributed by atoms with Gasteiger partial charge in [-0.25, -0.2) is 0 Å². The van der Waals surface area contributed by atoms with Crippen LogP contribution in [0.5, 0.6) is 0 Å². The monoisotopic (exact) mass is 218 g/mol. The molecule has 3 N–H and O–H groups in total. The van der Waals surface area contributed by atoms with Gasteiger partial charge in [0, 0.05) is 0 Å². The summed E-state index contributed by atoms with van der Waals surface area (Å²) in [6.07, 6.45) is 0. The fourth-order valence-corrected chi connectivity index (χ4v) is 1.68. The van der Waals surface area contributed by atoms with Crippen molar-refractivity contribution < 1.29 is 0 Å². The Hall–Kier alpha value is -1.51. The Morgan fingerprint density at radius 3 is 2.27 bits per heavy atom. The smallest absolute Gasteiger partial charge is 0.0672 e. The van der Waals surface area contributed by atoms with Gasteiger partial charge in [0.1, 0.15) is 0 Å². The van der Waals surface area contributed by atoms with E-state index in [1.54, 1.807) is 0 Å². The number of hydrazine groups is 1. The van der Waals surface area contributed by atoms with E-state index in [2.05, 4.69) is 5.43 Å². The fraction of sp³-hybridized carbons (Fsp3) is 0. The summed E-state index contributed by atoms with van der Waals surface area (Å²) in [6, 6.07) is 15.8. The zero-order chi connectivity index (χ0) is 10.7. The molecule has 0 aromatic heterocycles. The Balaban J connectivity index is 2.43. The van der Waals surface area contributed by atoms with Crippen LogP contribution in [0.25, 0.3) is 11.1 Å². The van der Waals surface area contributed by atoms with Crippen LogP contribution in [-0.4, -0.2) is 0 Å². The van der Waals surface area contributed by atoms with Gasteiger partial charge in [-0.3, -0.25) is 5.84 Å². The van der Waals surface area contributed by atoms with Crippen molar-refractivity contribution in [2.24, 2.45) is 5.84 Å². The van der Waals surface area contributed by atoms with Crippen molar-refractivity contribution in [3.63, 3.8) is 0 Å². The SMILES string of the molecule is NNc1ccc(-c2ccccc2)cc1Cl. The van der Waals surface area contributed by atoms with Crippen LogP contribution in [0.15, 0.2) is 48.5 Å². The number of hydrogen-bond donors (Lipinski definition) is 2. The lowest BCUT2D eigenvalue weighted by Gasteiger charge is -2.06. The minimum atomic E-state index is 0.624. The van der Waals surface area contributed by atoms with Gasteiger partial charge in [0.2, 0.25) is 0 Å². The van der Waals surface area contributed by atoms with E-state index >= 15 is 0 Å². The minimum absolute atomic E-state index is 0.624. The van der Waals surface area contributed by atoms with Crippen LogP contribution in [0.3, 0.4) is 0 Å². The average Bonchev–Trinajstić information content (AvgIpc) is 2.30. The van der Waals surface area contributed by atoms with E-state index in [0.717, 1.165) is 16.8 Å². The number of nitrogens with one attached hydrogen (secondary N) is 1. The molecule has 0 saturated carbocycles. The standard InChI is InChI=1S/C12H11ClN2/c13-11-8-10(6-7-12(11)15-14)9-4-2-1-3-5-9/h1-8,15H,14H2. The highest BCUT2D eigenvalue weighted by molar-refractivity contribution is 6.33. The summed E-state index contributed by atoms with van der Waals surface area (Å²) >= 11 is 6.04. The number of benzene rings is 2. The lowest BCUT2D eigenvalue weighted by Crippen LogP contribution is -2.06. The van der Waals surface area contributed by atoms with Crippen molar-refractivity contribution in [2.75, 3.05) is 5.43 Å². The summed E-state index contributed by atoms with van der Waals surface area (Å²) in [4.78, 5) is 0. The zero-order valence-corrected chi connectivity index (χ0v) is 8.83. The topological polar surface area (TPSA) is 38.0 Å². The predicted octanol–water partition coefficient (Wildman–Crippen LogP) is 3.29. The maximum absolute atomic E-state index is 6.04. The van der Waals surface area contributed by atoms with Gasteiger partial charge in [0.15, 0.2) is 0 Å². The second-order valence-corrected chi connectivity index (χ2v) is 3.61. The largest absolute Gasteiger partial charge is 0.323 e. The number of anilines is 1. The molecule has 3 heteroatoms. The first-order chi connectivity index (χ1) is 7.31. The molecular formula is C12H11ClN2. The molecule has 0 heterocycles. The summed E-state index contributed by atoms with van der Waals surface area (Å²) in [5.41, 5.74) is 5.50. The van der Waals surface area contributed by atoms with E-state index in [0.29, 0.717) is 5.02 Å². The maximum atomic E-state index is 6.04. The van der Waals surface area contributed by atoms with Gasteiger partial charge in [-0.05, 0) is 23.3 Å². The third kappa shape index (κ3) is 2.12. The van der Waals surface area contributed by atoms with Gasteiger partial charge < -0.3 is 5.43 Å². The average molecular weight is 219 g/mol. The van der Waals surface area contributed by atoms with Crippen LogP contribution >= 0.6 is 11.6 Å². The molecule has 0 amide bonds. The summed E-state index contributed by atoms with van der Waals surface area (Å²) in [5.74, 6) is 5.30. The molecule has 0 aliphatic rings. The highest BCUT2D eigenvalue weighted by Gasteiger charge is 2.01. The molecule has 0 bridgehead atoms. The molecule has 0 fully saturated rings. The summed E-state index contributed by atoms with van der Waals surface area (Å²) in [7, 11) is 0. The molecule has 0 radical (unpaired) electrons. The van der Waals surface area contributed by atoms with E-state index < -0.39 is 0 Å². The molecule has 0 spiro atoms. The van der Waals surface area contributed by atoms with E-state index in [9.17, 15) is 0 Å². The van der Waals surface area contributed by atoms with Crippen molar-refractivity contribution in [1.82, 2.24) is 0 Å². The van der Waals surface area contributed by atoms with Crippen molar-refractivity contribution in [2.45, 2.75) is 0 Å². The lowest BCUT2D eigenvalue weighted by molar-refractivity contribution is 1.35. The Bertz CT molecular complexity index is 454. The number of hydrogen-bond acceptors (Lipinski definition) is 2. The molecule has 15 heavy (non-hydrogen) atoms. The summed E-state index contributed by atoms with van der Waals surface area (Å²) in [5, 5.41) is 0.624. The third-order valence-corrected chi connectivity index (χ3v) is 2.54. The molecule has 0 saturated heterocycles. The van der Waals surface area contributed by atoms with E-state index in [1.165, 1.54) is 0 Å². The normalized spacial score (nSPS) is 10.0. The molecule has 0 atom stereocenters. The second-order valence-electron chi connectivity index (χ2n) is 3.20. The number of nitrogens with two attached hydrogens (primary N) is 1. The van der Waals surface area contributed by atoms with Gasteiger partial charge in [-0.2, -0.15) is 0 Å². The van der Waals surface area contributed by atoms with Gasteiger partial charge >= 0.3 is 0 Å². The molecule has 0 aliphatic heterocycles. The van der Waals surface area contributed by atoms with E-state index in [-0.39, 0.29) is 0 Å². The van der Waals surface area contributed by atoms with Crippen molar-refractivity contribution in [3.8, 4) is 11.1 Å². The van der Waals surface area contributed by atoms with Crippen molar-refractivity contribution >= 4 is 17.3 Å². The highest BCUT2D eigenvalue weighted by Crippen LogP contribution is 2.27. The first-order valence-electron chi connectivity index (χ1n) is 4.63. The van der Waals surface area contributed by atoms with Crippen LogP contribution in [-0.2, 0) is 0 Å². The minimum Gasteiger partial charge on any atom is -0.323 e. The van der Waals surface area contributed by atoms with Gasteiger partial charge in [-0.1, -0.05) is 48.0 Å². The van der Waals surface area contributed by atoms with Crippen molar-refractivity contribution in [3.05, 3.63) is 53.6 Å². The molecule has 2 rings (SSSR count). The Kier molecular flexibility index (Phi) is 2.90. The molecule has 2 aromatic rings. The predicted molar refractivity (Wildman–Crippen MR) is 64.7 cm³/mol. The quantitative estimate of drug-likeness (QED) is 0.600. The van der Waals surface area contributed by atoms with Gasteiger partial charge in [0.05, 0.1) is 10.7 Å². The van der Waals surface area contributed by atoms with Crippen LogP contribution in [0.4, 0.5) is 5.69 Å². The number of nitrogen functional groups attached to an aromatic ring is 1. The molecule has 76 valence electrons. The molecule has 0 unspecified atom stereocenters. The van der Waals surface area contributed by atoms with Crippen molar-refractivity contribution in [1.29, 1.82) is 0 Å². The van der Waals surface area contributed by atoms with Crippen LogP contribution in [0.2, 0.25) is 5.02 Å². The Morgan fingerprint density at radius 1 is 0.933 bits per heavy atom. The van der Waals surface area contributed by atoms with Gasteiger partial charge in [0.25, 0.3) is 0 Å². The first kappa shape index (κ1) is 10.0. The van der Waals surface area contributed by atoms with Crippen LogP contribution in [0.1, 0.15) is 0 Å². The second kappa shape index (κ2) is 4.34. The van der Waals surface area contributed by atoms with Crippen LogP contribution < -0.4 is 11.3 Å². The molecular weight excluding hydrogens is 208 g/mol. The Morgan fingerprint density at radius 2 is 1.67 bits per heavy atom. The maximum Gasteiger partial charge on any atom is 0.0672 e. The molecule has 0 aliphatic carbocycles. The Labute approximate surface area is 93.7 Å². The number of rotatable bonds is 2. The fourth-order valence-electron chi connectivity index (χ4n) is 1.44. The summed E-state index contributed by atoms with van der Waals surface area (Å²) < 4.78 is 0. The highest BCUT2D eigenvalue weighted by atomic mass is 35.5. The molecule has 2 aromatic carbocycles. The zero-order valence-electron chi connectivity index (χ0n) is 8.07. The van der Waals surface area contributed by atoms with E-state index in [1.807, 2.05) is 48.5 Å². The van der Waals surface area contributed by atoms with E-state index in [4.69, 9.17) is 17.4 Å². The van der Waals surface area contributed by atoms with Gasteiger partial charge in [-0.15, -0.1) is 0 Å². The molecule has 2 nitrogen and oxygen atoms in total. The third-order valence-electron chi connectivity index (χ3n) is 2.23. The first-order valence-corrected chi connectivity index (χ1v) is 5.00. The number of halogens is 1. The summed E-state index contributed by atoms with van der Waals surface area (Å²) in [6.45, 7) is 0. The lowest BCUT2D eigenvalue weighted by atomic mass is 10.1.